The zero-order valence-electron chi connectivity index (χ0n) is 8.70. The van der Waals surface area contributed by atoms with Crippen molar-refractivity contribution in [2.45, 2.75) is 25.9 Å². The molecule has 0 aliphatic heterocycles. The van der Waals surface area contributed by atoms with Crippen LogP contribution in [-0.4, -0.2) is 11.2 Å². The van der Waals surface area contributed by atoms with Crippen molar-refractivity contribution in [3.05, 3.63) is 35.0 Å². The van der Waals surface area contributed by atoms with Crippen LogP contribution in [0, 0.1) is 0 Å². The van der Waals surface area contributed by atoms with Crippen LogP contribution in [0.5, 0.6) is 0 Å². The van der Waals surface area contributed by atoms with Crippen molar-refractivity contribution < 1.29 is 9.52 Å². The Hall–Kier alpha value is -0.990. The smallest absolute Gasteiger partial charge is 0.134 e. The molecule has 0 fully saturated rings. The summed E-state index contributed by atoms with van der Waals surface area (Å²) in [6.45, 7) is 3.69. The third kappa shape index (κ3) is 2.01. The molecule has 1 heterocycles. The van der Waals surface area contributed by atoms with Gasteiger partial charge >= 0.3 is 0 Å². The molecule has 0 saturated heterocycles. The van der Waals surface area contributed by atoms with Crippen LogP contribution in [0.1, 0.15) is 25.5 Å². The zero-order valence-corrected chi connectivity index (χ0v) is 9.45. The number of benzene rings is 1. The SMILES string of the molecule is CC(O)C(C)c1cc2cc(Cl)ccc2o1. The quantitative estimate of drug-likeness (QED) is 0.846. The van der Waals surface area contributed by atoms with E-state index in [1.54, 1.807) is 13.0 Å². The molecule has 0 amide bonds. The van der Waals surface area contributed by atoms with Crippen molar-refractivity contribution >= 4 is 22.6 Å². The maximum atomic E-state index is 9.47. The summed E-state index contributed by atoms with van der Waals surface area (Å²) in [7, 11) is 0. The van der Waals surface area contributed by atoms with E-state index >= 15 is 0 Å². The van der Waals surface area contributed by atoms with Gasteiger partial charge in [-0.15, -0.1) is 0 Å². The minimum Gasteiger partial charge on any atom is -0.461 e. The summed E-state index contributed by atoms with van der Waals surface area (Å²) in [6.07, 6.45) is -0.416. The van der Waals surface area contributed by atoms with Crippen molar-refractivity contribution in [2.75, 3.05) is 0 Å². The molecule has 2 nitrogen and oxygen atoms in total. The number of hydrogen-bond acceptors (Lipinski definition) is 2. The molecule has 0 aliphatic rings. The molecule has 80 valence electrons. The van der Waals surface area contributed by atoms with Gasteiger partial charge in [-0.25, -0.2) is 0 Å². The molecule has 0 radical (unpaired) electrons. The van der Waals surface area contributed by atoms with E-state index in [9.17, 15) is 5.11 Å². The van der Waals surface area contributed by atoms with E-state index in [1.165, 1.54) is 0 Å². The predicted octanol–water partition coefficient (Wildman–Crippen LogP) is 3.57. The first-order valence-corrected chi connectivity index (χ1v) is 5.33. The summed E-state index contributed by atoms with van der Waals surface area (Å²) in [5.41, 5.74) is 0.807. The van der Waals surface area contributed by atoms with Gasteiger partial charge in [-0.3, -0.25) is 0 Å². The number of hydrogen-bond donors (Lipinski definition) is 1. The van der Waals surface area contributed by atoms with Crippen molar-refractivity contribution in [2.24, 2.45) is 0 Å². The highest BCUT2D eigenvalue weighted by Crippen LogP contribution is 2.28. The average Bonchev–Trinajstić information content (AvgIpc) is 2.58. The number of furan rings is 1. The summed E-state index contributed by atoms with van der Waals surface area (Å²) in [6, 6.07) is 7.43. The second-order valence-electron chi connectivity index (χ2n) is 3.86. The highest BCUT2D eigenvalue weighted by molar-refractivity contribution is 6.31. The van der Waals surface area contributed by atoms with E-state index in [1.807, 2.05) is 25.1 Å². The maximum Gasteiger partial charge on any atom is 0.134 e. The molecule has 1 N–H and O–H groups in total. The fourth-order valence-electron chi connectivity index (χ4n) is 1.50. The van der Waals surface area contributed by atoms with Crippen molar-refractivity contribution in [3.63, 3.8) is 0 Å². The van der Waals surface area contributed by atoms with Crippen molar-refractivity contribution in [1.29, 1.82) is 0 Å². The Balaban J connectivity index is 2.47. The first kappa shape index (κ1) is 10.5. The molecular weight excluding hydrogens is 212 g/mol. The highest BCUT2D eigenvalue weighted by Gasteiger charge is 2.16. The second-order valence-corrected chi connectivity index (χ2v) is 4.30. The lowest BCUT2D eigenvalue weighted by Crippen LogP contribution is -2.09. The highest BCUT2D eigenvalue weighted by atomic mass is 35.5. The summed E-state index contributed by atoms with van der Waals surface area (Å²) >= 11 is 5.88. The van der Waals surface area contributed by atoms with Gasteiger partial charge in [0.05, 0.1) is 6.10 Å². The van der Waals surface area contributed by atoms with Gasteiger partial charge in [0.1, 0.15) is 11.3 Å². The molecule has 1 aromatic carbocycles. The zero-order chi connectivity index (χ0) is 11.0. The fourth-order valence-corrected chi connectivity index (χ4v) is 1.68. The number of aliphatic hydroxyl groups is 1. The van der Waals surface area contributed by atoms with Crippen LogP contribution < -0.4 is 0 Å². The second kappa shape index (κ2) is 3.87. The average molecular weight is 225 g/mol. The lowest BCUT2D eigenvalue weighted by Gasteiger charge is -2.10. The molecule has 2 rings (SSSR count). The Labute approximate surface area is 93.5 Å². The van der Waals surface area contributed by atoms with E-state index in [0.29, 0.717) is 5.02 Å². The molecular formula is C12H13ClO2. The molecule has 0 saturated carbocycles. The third-order valence-corrected chi connectivity index (χ3v) is 2.90. The lowest BCUT2D eigenvalue weighted by atomic mass is 10.0. The number of fused-ring (bicyclic) bond motifs is 1. The number of rotatable bonds is 2. The summed E-state index contributed by atoms with van der Waals surface area (Å²) in [4.78, 5) is 0. The standard InChI is InChI=1S/C12H13ClO2/c1-7(8(2)14)12-6-9-5-10(13)3-4-11(9)15-12/h3-8,14H,1-2H3. The molecule has 2 aromatic rings. The Bertz CT molecular complexity index is 473. The summed E-state index contributed by atoms with van der Waals surface area (Å²) < 4.78 is 5.63. The van der Waals surface area contributed by atoms with Gasteiger partial charge in [-0.1, -0.05) is 18.5 Å². The molecule has 2 unspecified atom stereocenters. The topological polar surface area (TPSA) is 33.4 Å². The van der Waals surface area contributed by atoms with E-state index in [4.69, 9.17) is 16.0 Å². The molecule has 2 atom stereocenters. The minimum absolute atomic E-state index is 0.00354. The predicted molar refractivity (Wildman–Crippen MR) is 61.3 cm³/mol. The number of aliphatic hydroxyl groups excluding tert-OH is 1. The van der Waals surface area contributed by atoms with Gasteiger partial charge in [-0.2, -0.15) is 0 Å². The summed E-state index contributed by atoms with van der Waals surface area (Å²) in [5.74, 6) is 0.790. The van der Waals surface area contributed by atoms with E-state index < -0.39 is 6.10 Å². The normalized spacial score (nSPS) is 15.5. The van der Waals surface area contributed by atoms with Gasteiger partial charge < -0.3 is 9.52 Å². The van der Waals surface area contributed by atoms with Gasteiger partial charge in [0.2, 0.25) is 0 Å². The molecule has 15 heavy (non-hydrogen) atoms. The van der Waals surface area contributed by atoms with E-state index in [2.05, 4.69) is 0 Å². The van der Waals surface area contributed by atoms with Crippen molar-refractivity contribution in [1.82, 2.24) is 0 Å². The Morgan fingerprint density at radius 3 is 2.67 bits per heavy atom. The fraction of sp³-hybridized carbons (Fsp3) is 0.333. The third-order valence-electron chi connectivity index (χ3n) is 2.67. The van der Waals surface area contributed by atoms with Crippen LogP contribution in [0.25, 0.3) is 11.0 Å². The van der Waals surface area contributed by atoms with Crippen LogP contribution in [0.3, 0.4) is 0 Å². The van der Waals surface area contributed by atoms with Gasteiger partial charge in [0.15, 0.2) is 0 Å². The van der Waals surface area contributed by atoms with Crippen LogP contribution in [-0.2, 0) is 0 Å². The maximum absolute atomic E-state index is 9.47. The van der Waals surface area contributed by atoms with E-state index in [0.717, 1.165) is 16.7 Å². The van der Waals surface area contributed by atoms with Gasteiger partial charge in [0.25, 0.3) is 0 Å². The molecule has 0 spiro atoms. The molecule has 0 aliphatic carbocycles. The van der Waals surface area contributed by atoms with Crippen molar-refractivity contribution in [3.8, 4) is 0 Å². The Kier molecular flexibility index (Phi) is 2.72. The van der Waals surface area contributed by atoms with Crippen LogP contribution in [0.15, 0.2) is 28.7 Å². The Morgan fingerprint density at radius 1 is 1.27 bits per heavy atom. The molecule has 3 heteroatoms. The first-order chi connectivity index (χ1) is 7.08. The molecule has 0 bridgehead atoms. The van der Waals surface area contributed by atoms with Gasteiger partial charge in [-0.05, 0) is 31.2 Å². The minimum atomic E-state index is -0.416. The number of halogens is 1. The Morgan fingerprint density at radius 2 is 2.00 bits per heavy atom. The monoisotopic (exact) mass is 224 g/mol. The summed E-state index contributed by atoms with van der Waals surface area (Å²) in [5, 5.41) is 11.1. The van der Waals surface area contributed by atoms with Crippen LogP contribution >= 0.6 is 11.6 Å². The van der Waals surface area contributed by atoms with Crippen LogP contribution in [0.4, 0.5) is 0 Å². The lowest BCUT2D eigenvalue weighted by molar-refractivity contribution is 0.159. The van der Waals surface area contributed by atoms with Crippen LogP contribution in [0.2, 0.25) is 5.02 Å². The van der Waals surface area contributed by atoms with Gasteiger partial charge in [0, 0.05) is 16.3 Å². The first-order valence-electron chi connectivity index (χ1n) is 4.95. The largest absolute Gasteiger partial charge is 0.461 e. The molecule has 1 aromatic heterocycles. The van der Waals surface area contributed by atoms with E-state index in [-0.39, 0.29) is 5.92 Å².